The summed E-state index contributed by atoms with van der Waals surface area (Å²) in [4.78, 5) is 17.0. The molecule has 0 aliphatic rings. The largest absolute Gasteiger partial charge is 0.494 e. The molecule has 0 atom stereocenters. The summed E-state index contributed by atoms with van der Waals surface area (Å²) < 4.78 is 12.2. The molecule has 0 saturated heterocycles. The number of nitrogens with zero attached hydrogens (tertiary/aromatic N) is 1. The normalized spacial score (nSPS) is 10.9. The number of rotatable bonds is 7. The van der Waals surface area contributed by atoms with Crippen LogP contribution in [-0.2, 0) is 0 Å². The second kappa shape index (κ2) is 8.19. The molecule has 6 heteroatoms. The highest BCUT2D eigenvalue weighted by molar-refractivity contribution is 7.22. The molecule has 0 fully saturated rings. The second-order valence-corrected chi connectivity index (χ2v) is 7.30. The van der Waals surface area contributed by atoms with E-state index in [4.69, 9.17) is 9.47 Å². The SMILES string of the molecule is CCOc1ccc2nc(NC(=O)c3cccc(OCC(C)C)c3)sc2c1. The molecule has 1 aromatic heterocycles. The van der Waals surface area contributed by atoms with Gasteiger partial charge in [0, 0.05) is 5.56 Å². The number of hydrogen-bond donors (Lipinski definition) is 1. The molecule has 136 valence electrons. The van der Waals surface area contributed by atoms with Gasteiger partial charge >= 0.3 is 0 Å². The molecule has 0 saturated carbocycles. The number of anilines is 1. The van der Waals surface area contributed by atoms with E-state index in [9.17, 15) is 4.79 Å². The van der Waals surface area contributed by atoms with Gasteiger partial charge in [0.25, 0.3) is 5.91 Å². The van der Waals surface area contributed by atoms with Gasteiger partial charge in [-0.25, -0.2) is 4.98 Å². The summed E-state index contributed by atoms with van der Waals surface area (Å²) >= 11 is 1.42. The summed E-state index contributed by atoms with van der Waals surface area (Å²) in [6.07, 6.45) is 0. The second-order valence-electron chi connectivity index (χ2n) is 6.27. The summed E-state index contributed by atoms with van der Waals surface area (Å²) in [7, 11) is 0. The number of hydrogen-bond acceptors (Lipinski definition) is 5. The summed E-state index contributed by atoms with van der Waals surface area (Å²) in [5.74, 6) is 1.72. The van der Waals surface area contributed by atoms with Gasteiger partial charge in [-0.2, -0.15) is 0 Å². The molecule has 1 N–H and O–H groups in total. The molecule has 5 nitrogen and oxygen atoms in total. The van der Waals surface area contributed by atoms with Gasteiger partial charge in [0.2, 0.25) is 0 Å². The monoisotopic (exact) mass is 370 g/mol. The Hall–Kier alpha value is -2.60. The maximum Gasteiger partial charge on any atom is 0.257 e. The maximum absolute atomic E-state index is 12.5. The van der Waals surface area contributed by atoms with Gasteiger partial charge in [0.15, 0.2) is 5.13 Å². The molecule has 26 heavy (non-hydrogen) atoms. The molecule has 0 bridgehead atoms. The van der Waals surface area contributed by atoms with Crippen LogP contribution in [0.5, 0.6) is 11.5 Å². The van der Waals surface area contributed by atoms with E-state index in [2.05, 4.69) is 24.1 Å². The molecule has 1 heterocycles. The van der Waals surface area contributed by atoms with Crippen molar-refractivity contribution >= 4 is 32.6 Å². The molecule has 0 unspecified atom stereocenters. The van der Waals surface area contributed by atoms with Crippen molar-refractivity contribution < 1.29 is 14.3 Å². The highest BCUT2D eigenvalue weighted by atomic mass is 32.1. The van der Waals surface area contributed by atoms with Crippen LogP contribution in [0.4, 0.5) is 5.13 Å². The third kappa shape index (κ3) is 4.52. The number of fused-ring (bicyclic) bond motifs is 1. The van der Waals surface area contributed by atoms with Gasteiger partial charge in [-0.3, -0.25) is 10.1 Å². The Bertz CT molecular complexity index is 905. The van der Waals surface area contributed by atoms with Gasteiger partial charge in [0.1, 0.15) is 11.5 Å². The number of ether oxygens (including phenoxy) is 2. The fraction of sp³-hybridized carbons (Fsp3) is 0.300. The van der Waals surface area contributed by atoms with Crippen LogP contribution in [0.25, 0.3) is 10.2 Å². The number of aromatic nitrogens is 1. The molecular formula is C20H22N2O3S. The Balaban J connectivity index is 1.73. The van der Waals surface area contributed by atoms with Gasteiger partial charge < -0.3 is 9.47 Å². The Morgan fingerprint density at radius 3 is 2.73 bits per heavy atom. The molecule has 0 aliphatic carbocycles. The Labute approximate surface area is 157 Å². The first-order valence-electron chi connectivity index (χ1n) is 8.62. The first-order valence-corrected chi connectivity index (χ1v) is 9.44. The van der Waals surface area contributed by atoms with Crippen LogP contribution in [0.2, 0.25) is 0 Å². The lowest BCUT2D eigenvalue weighted by molar-refractivity contribution is 0.102. The minimum Gasteiger partial charge on any atom is -0.494 e. The van der Waals surface area contributed by atoms with E-state index < -0.39 is 0 Å². The van der Waals surface area contributed by atoms with Crippen molar-refractivity contribution in [2.45, 2.75) is 20.8 Å². The van der Waals surface area contributed by atoms with Crippen LogP contribution in [0.15, 0.2) is 42.5 Å². The highest BCUT2D eigenvalue weighted by Crippen LogP contribution is 2.29. The fourth-order valence-electron chi connectivity index (χ4n) is 2.37. The predicted octanol–water partition coefficient (Wildman–Crippen LogP) is 4.98. The quantitative estimate of drug-likeness (QED) is 0.637. The molecular weight excluding hydrogens is 348 g/mol. The molecule has 2 aromatic carbocycles. The van der Waals surface area contributed by atoms with Crippen LogP contribution in [-0.4, -0.2) is 24.1 Å². The first-order chi connectivity index (χ1) is 12.5. The molecule has 0 radical (unpaired) electrons. The van der Waals surface area contributed by atoms with Crippen molar-refractivity contribution in [1.29, 1.82) is 0 Å². The summed E-state index contributed by atoms with van der Waals surface area (Å²) in [6.45, 7) is 7.34. The van der Waals surface area contributed by atoms with Gasteiger partial charge in [-0.1, -0.05) is 31.3 Å². The Morgan fingerprint density at radius 2 is 1.96 bits per heavy atom. The maximum atomic E-state index is 12.5. The topological polar surface area (TPSA) is 60.5 Å². The van der Waals surface area contributed by atoms with Crippen LogP contribution in [0.3, 0.4) is 0 Å². The lowest BCUT2D eigenvalue weighted by Crippen LogP contribution is -2.12. The van der Waals surface area contributed by atoms with E-state index in [1.165, 1.54) is 11.3 Å². The number of carbonyl (C=O) groups is 1. The predicted molar refractivity (Wildman–Crippen MR) is 106 cm³/mol. The van der Waals surface area contributed by atoms with Crippen molar-refractivity contribution in [2.75, 3.05) is 18.5 Å². The van der Waals surface area contributed by atoms with Crippen LogP contribution in [0.1, 0.15) is 31.1 Å². The van der Waals surface area contributed by atoms with E-state index in [1.807, 2.05) is 37.3 Å². The lowest BCUT2D eigenvalue weighted by Gasteiger charge is -2.09. The standard InChI is InChI=1S/C20H22N2O3S/c1-4-24-16-8-9-17-18(11-16)26-20(21-17)22-19(23)14-6-5-7-15(10-14)25-12-13(2)3/h5-11,13H,4,12H2,1-3H3,(H,21,22,23). The molecule has 0 aliphatic heterocycles. The fourth-order valence-corrected chi connectivity index (χ4v) is 3.26. The van der Waals surface area contributed by atoms with Gasteiger partial charge in [-0.15, -0.1) is 0 Å². The number of nitrogens with one attached hydrogen (secondary N) is 1. The average molecular weight is 370 g/mol. The lowest BCUT2D eigenvalue weighted by atomic mass is 10.2. The van der Waals surface area contributed by atoms with E-state index in [1.54, 1.807) is 12.1 Å². The Kier molecular flexibility index (Phi) is 5.73. The van der Waals surface area contributed by atoms with E-state index >= 15 is 0 Å². The smallest absolute Gasteiger partial charge is 0.257 e. The zero-order valence-electron chi connectivity index (χ0n) is 15.1. The number of carbonyl (C=O) groups excluding carboxylic acids is 1. The summed E-state index contributed by atoms with van der Waals surface area (Å²) in [5.41, 5.74) is 1.38. The minimum atomic E-state index is -0.205. The number of amides is 1. The molecule has 3 aromatic rings. The van der Waals surface area contributed by atoms with E-state index in [0.29, 0.717) is 35.6 Å². The highest BCUT2D eigenvalue weighted by Gasteiger charge is 2.11. The van der Waals surface area contributed by atoms with Crippen molar-refractivity contribution in [3.8, 4) is 11.5 Å². The third-order valence-corrected chi connectivity index (χ3v) is 4.50. The van der Waals surface area contributed by atoms with E-state index in [-0.39, 0.29) is 5.91 Å². The third-order valence-electron chi connectivity index (χ3n) is 3.57. The minimum absolute atomic E-state index is 0.205. The van der Waals surface area contributed by atoms with Gasteiger partial charge in [-0.05, 0) is 49.2 Å². The van der Waals surface area contributed by atoms with Crippen molar-refractivity contribution in [1.82, 2.24) is 4.98 Å². The number of thiazole rings is 1. The van der Waals surface area contributed by atoms with Crippen LogP contribution < -0.4 is 14.8 Å². The zero-order valence-corrected chi connectivity index (χ0v) is 15.9. The molecule has 3 rings (SSSR count). The van der Waals surface area contributed by atoms with Crippen molar-refractivity contribution in [3.05, 3.63) is 48.0 Å². The zero-order chi connectivity index (χ0) is 18.5. The summed E-state index contributed by atoms with van der Waals surface area (Å²) in [5, 5.41) is 3.43. The summed E-state index contributed by atoms with van der Waals surface area (Å²) in [6, 6.07) is 12.9. The molecule has 1 amide bonds. The Morgan fingerprint density at radius 1 is 1.15 bits per heavy atom. The average Bonchev–Trinajstić information content (AvgIpc) is 3.02. The van der Waals surface area contributed by atoms with Crippen LogP contribution >= 0.6 is 11.3 Å². The van der Waals surface area contributed by atoms with Crippen molar-refractivity contribution in [2.24, 2.45) is 5.92 Å². The van der Waals surface area contributed by atoms with E-state index in [0.717, 1.165) is 16.0 Å². The first kappa shape index (κ1) is 18.2. The van der Waals surface area contributed by atoms with Gasteiger partial charge in [0.05, 0.1) is 23.4 Å². The van der Waals surface area contributed by atoms with Crippen LogP contribution in [0, 0.1) is 5.92 Å². The number of benzene rings is 2. The molecule has 0 spiro atoms. The van der Waals surface area contributed by atoms with Crippen molar-refractivity contribution in [3.63, 3.8) is 0 Å².